The minimum Gasteiger partial charge on any atom is -1.00 e. The first-order valence-corrected chi connectivity index (χ1v) is 15.1. The van der Waals surface area contributed by atoms with Crippen LogP contribution in [0.4, 0.5) is 0 Å². The molecule has 38 heavy (non-hydrogen) atoms. The molecule has 0 fully saturated rings. The molecule has 0 aliphatic heterocycles. The molecule has 0 saturated carbocycles. The molecule has 0 saturated heterocycles. The molecule has 0 bridgehead atoms. The van der Waals surface area contributed by atoms with Crippen LogP contribution in [0.25, 0.3) is 0 Å². The predicted molar refractivity (Wildman–Crippen MR) is 150 cm³/mol. The summed E-state index contributed by atoms with van der Waals surface area (Å²) >= 11 is 0. The predicted octanol–water partition coefficient (Wildman–Crippen LogP) is 0.308. The van der Waals surface area contributed by atoms with Crippen molar-refractivity contribution in [3.63, 3.8) is 0 Å². The first-order chi connectivity index (χ1) is 16.4. The van der Waals surface area contributed by atoms with Crippen LogP contribution < -0.4 is 37.2 Å². The van der Waals surface area contributed by atoms with Crippen molar-refractivity contribution in [2.45, 2.75) is 70.0 Å². The quantitative estimate of drug-likeness (QED) is 0.194. The summed E-state index contributed by atoms with van der Waals surface area (Å²) in [6.07, 6.45) is 7.68. The molecule has 0 nitrogen and oxygen atoms in total. The van der Waals surface area contributed by atoms with E-state index in [9.17, 15) is 0 Å². The first-order valence-electron chi connectivity index (χ1n) is 12.9. The number of rotatable bonds is 8. The standard InChI is InChI=1S/C33H39Si.3ClH.Ti/c1-25(2)34(26(3)4,27(5)6)32-23-22-31(24-32)33(28-16-10-7-11-17-28,29-18-12-8-13-19-29)30-20-14-9-15-21-30;;;;/h7-22,25-27H,23H2,1-6H3;3*1H;/q-1;;;;+4/p-3. The van der Waals surface area contributed by atoms with Crippen LogP contribution in [0.5, 0.6) is 0 Å². The van der Waals surface area contributed by atoms with Gasteiger partial charge in [0.05, 0.1) is 8.07 Å². The van der Waals surface area contributed by atoms with E-state index < -0.39 is 8.07 Å². The summed E-state index contributed by atoms with van der Waals surface area (Å²) < 4.78 is 0. The molecule has 0 N–H and O–H groups in total. The summed E-state index contributed by atoms with van der Waals surface area (Å²) in [6.45, 7) is 14.7. The van der Waals surface area contributed by atoms with Gasteiger partial charge in [0.2, 0.25) is 0 Å². The Bertz CT molecular complexity index is 1040. The molecule has 0 aromatic heterocycles. The maximum absolute atomic E-state index is 4.15. The fourth-order valence-corrected chi connectivity index (χ4v) is 14.0. The average Bonchev–Trinajstić information content (AvgIpc) is 3.32. The molecule has 4 rings (SSSR count). The normalized spacial score (nSPS) is 13.1. The molecule has 1 aliphatic carbocycles. The van der Waals surface area contributed by atoms with Gasteiger partial charge in [-0.05, 0) is 33.3 Å². The maximum atomic E-state index is 4.15. The van der Waals surface area contributed by atoms with Gasteiger partial charge >= 0.3 is 21.7 Å². The molecule has 0 radical (unpaired) electrons. The van der Waals surface area contributed by atoms with Gasteiger partial charge in [0.15, 0.2) is 0 Å². The van der Waals surface area contributed by atoms with Gasteiger partial charge in [-0.1, -0.05) is 133 Å². The van der Waals surface area contributed by atoms with Crippen LogP contribution in [-0.4, -0.2) is 8.07 Å². The molecule has 3 aromatic carbocycles. The third-order valence-corrected chi connectivity index (χ3v) is 15.3. The largest absolute Gasteiger partial charge is 4.00 e. The zero-order valence-electron chi connectivity index (χ0n) is 23.3. The molecule has 200 valence electrons. The topological polar surface area (TPSA) is 0 Å². The number of hydrogen-bond donors (Lipinski definition) is 0. The second-order valence-electron chi connectivity index (χ2n) is 10.7. The summed E-state index contributed by atoms with van der Waals surface area (Å²) in [5, 5.41) is 1.61. The molecule has 0 heterocycles. The van der Waals surface area contributed by atoms with Crippen LogP contribution in [-0.2, 0) is 27.1 Å². The summed E-state index contributed by atoms with van der Waals surface area (Å²) in [5.74, 6) is 0. The minimum absolute atomic E-state index is 0. The van der Waals surface area contributed by atoms with E-state index in [1.54, 1.807) is 5.20 Å². The van der Waals surface area contributed by atoms with Gasteiger partial charge in [-0.3, -0.25) is 6.08 Å². The molecule has 0 atom stereocenters. The van der Waals surface area contributed by atoms with Crippen molar-refractivity contribution in [1.82, 2.24) is 0 Å². The van der Waals surface area contributed by atoms with Gasteiger partial charge in [-0.25, -0.2) is 11.6 Å². The Labute approximate surface area is 265 Å². The Morgan fingerprint density at radius 2 is 0.895 bits per heavy atom. The van der Waals surface area contributed by atoms with E-state index in [2.05, 4.69) is 145 Å². The number of allylic oxidation sites excluding steroid dienone is 4. The van der Waals surface area contributed by atoms with E-state index >= 15 is 0 Å². The van der Waals surface area contributed by atoms with Crippen molar-refractivity contribution in [2.24, 2.45) is 0 Å². The summed E-state index contributed by atoms with van der Waals surface area (Å²) in [5.41, 5.74) is 6.89. The van der Waals surface area contributed by atoms with Gasteiger partial charge in [0.25, 0.3) is 0 Å². The molecule has 3 aromatic rings. The molecule has 0 amide bonds. The molecular formula is C33H39Cl3SiTi. The fraction of sp³-hybridized carbons (Fsp3) is 0.333. The van der Waals surface area contributed by atoms with E-state index in [0.29, 0.717) is 16.6 Å². The van der Waals surface area contributed by atoms with Crippen molar-refractivity contribution in [3.05, 3.63) is 131 Å². The Morgan fingerprint density at radius 1 is 0.579 bits per heavy atom. The second-order valence-corrected chi connectivity index (χ2v) is 16.6. The Kier molecular flexibility index (Phi) is 15.2. The zero-order chi connectivity index (χ0) is 24.3. The van der Waals surface area contributed by atoms with Crippen molar-refractivity contribution >= 4 is 8.07 Å². The molecule has 0 unspecified atom stereocenters. The van der Waals surface area contributed by atoms with Crippen LogP contribution >= 0.6 is 0 Å². The van der Waals surface area contributed by atoms with Gasteiger partial charge < -0.3 is 37.2 Å². The van der Waals surface area contributed by atoms with Crippen molar-refractivity contribution in [3.8, 4) is 0 Å². The van der Waals surface area contributed by atoms with Gasteiger partial charge in [0, 0.05) is 5.41 Å². The summed E-state index contributed by atoms with van der Waals surface area (Å²) in [6, 6.07) is 33.1. The first kappa shape index (κ1) is 36.9. The van der Waals surface area contributed by atoms with E-state index in [4.69, 9.17) is 0 Å². The number of halogens is 3. The van der Waals surface area contributed by atoms with E-state index in [-0.39, 0.29) is 64.4 Å². The smallest absolute Gasteiger partial charge is 1.00 e. The summed E-state index contributed by atoms with van der Waals surface area (Å²) in [7, 11) is -1.76. The van der Waals surface area contributed by atoms with Crippen molar-refractivity contribution in [2.75, 3.05) is 0 Å². The van der Waals surface area contributed by atoms with E-state index in [1.165, 1.54) is 22.3 Å². The number of benzene rings is 3. The van der Waals surface area contributed by atoms with Crippen LogP contribution in [0.3, 0.4) is 0 Å². The Morgan fingerprint density at radius 3 is 1.18 bits per heavy atom. The van der Waals surface area contributed by atoms with Crippen LogP contribution in [0, 0.1) is 6.08 Å². The zero-order valence-corrected chi connectivity index (χ0v) is 28.1. The van der Waals surface area contributed by atoms with Crippen LogP contribution in [0.1, 0.15) is 64.7 Å². The summed E-state index contributed by atoms with van der Waals surface area (Å²) in [4.78, 5) is 0. The third kappa shape index (κ3) is 6.30. The van der Waals surface area contributed by atoms with E-state index in [1.807, 2.05) is 0 Å². The van der Waals surface area contributed by atoms with Crippen LogP contribution in [0.15, 0.2) is 108 Å². The number of hydrogen-bond acceptors (Lipinski definition) is 0. The molecule has 0 spiro atoms. The van der Waals surface area contributed by atoms with Crippen molar-refractivity contribution < 1.29 is 58.9 Å². The Hall–Kier alpha value is -1.06. The monoisotopic (exact) mass is 616 g/mol. The molecule has 1 aliphatic rings. The maximum Gasteiger partial charge on any atom is 4.00 e. The third-order valence-electron chi connectivity index (χ3n) is 8.21. The van der Waals surface area contributed by atoms with E-state index in [0.717, 1.165) is 6.42 Å². The van der Waals surface area contributed by atoms with Crippen molar-refractivity contribution in [1.29, 1.82) is 0 Å². The Balaban J connectivity index is 0.00000342. The van der Waals surface area contributed by atoms with Gasteiger partial charge in [-0.2, -0.15) is 5.20 Å². The minimum atomic E-state index is -1.76. The molecule has 5 heteroatoms. The fourth-order valence-electron chi connectivity index (χ4n) is 7.08. The second kappa shape index (κ2) is 15.7. The SMILES string of the molecule is CC(C)[Si](C1=[C-]C(C(c2ccccc2)(c2ccccc2)c2ccccc2)=CC1)(C(C)C)C(C)C.[Cl-].[Cl-].[Cl-].[Ti+4]. The van der Waals surface area contributed by atoms with Gasteiger partial charge in [0.1, 0.15) is 0 Å². The average molecular weight is 618 g/mol. The van der Waals surface area contributed by atoms with Crippen LogP contribution in [0.2, 0.25) is 16.6 Å². The molecular weight excluding hydrogens is 579 g/mol. The van der Waals surface area contributed by atoms with Gasteiger partial charge in [-0.15, -0.1) is 6.42 Å².